The smallest absolute Gasteiger partial charge is 0.201 e. The fourth-order valence-corrected chi connectivity index (χ4v) is 9.75. The lowest BCUT2D eigenvalue weighted by atomic mass is 9.89. The van der Waals surface area contributed by atoms with Crippen LogP contribution in [-0.4, -0.2) is 81.2 Å². The molecule has 0 bridgehead atoms. The Bertz CT molecular complexity index is 2690. The van der Waals surface area contributed by atoms with Gasteiger partial charge in [0.05, 0.1) is 59.5 Å². The molecule has 0 radical (unpaired) electrons. The molecule has 0 N–H and O–H groups in total. The summed E-state index contributed by atoms with van der Waals surface area (Å²) in [5.74, 6) is -1.55. The Morgan fingerprint density at radius 2 is 0.737 bits per heavy atom. The van der Waals surface area contributed by atoms with E-state index in [9.17, 15) is 0 Å². The van der Waals surface area contributed by atoms with Crippen molar-refractivity contribution in [1.29, 1.82) is 0 Å². The molecule has 7 aromatic carbocycles. The van der Waals surface area contributed by atoms with Crippen molar-refractivity contribution < 1.29 is 52.1 Å². The minimum Gasteiger partial charge on any atom is -0.374 e. The molecular weight excluding hydrogens is 957 g/mol. The largest absolute Gasteiger partial charge is 0.374 e. The molecule has 11 heteroatoms. The van der Waals surface area contributed by atoms with Gasteiger partial charge in [-0.2, -0.15) is 0 Å². The molecule has 2 aliphatic heterocycles. The Balaban J connectivity index is 1.10. The lowest BCUT2D eigenvalue weighted by Gasteiger charge is -2.53. The fourth-order valence-electron chi connectivity index (χ4n) is 9.75. The summed E-state index contributed by atoms with van der Waals surface area (Å²) in [6, 6.07) is 70.4. The summed E-state index contributed by atoms with van der Waals surface area (Å²) in [6.45, 7) is 6.27. The van der Waals surface area contributed by atoms with E-state index in [1.807, 2.05) is 212 Å². The van der Waals surface area contributed by atoms with E-state index in [4.69, 9.17) is 52.1 Å². The van der Waals surface area contributed by atoms with Crippen LogP contribution in [0.4, 0.5) is 0 Å². The number of hydrogen-bond donors (Lipinski definition) is 0. The number of rotatable bonds is 28. The third kappa shape index (κ3) is 15.3. The van der Waals surface area contributed by atoms with Crippen LogP contribution in [-0.2, 0) is 98.4 Å². The molecule has 0 spiro atoms. The quantitative estimate of drug-likeness (QED) is 0.0438. The van der Waals surface area contributed by atoms with E-state index >= 15 is 0 Å². The van der Waals surface area contributed by atoms with Crippen LogP contribution in [0.15, 0.2) is 225 Å². The van der Waals surface area contributed by atoms with Crippen LogP contribution in [0, 0.1) is 0 Å². The van der Waals surface area contributed by atoms with E-state index in [2.05, 4.69) is 6.58 Å². The van der Waals surface area contributed by atoms with Gasteiger partial charge in [-0.3, -0.25) is 0 Å². The molecule has 0 aliphatic carbocycles. The number of hydrogen-bond acceptors (Lipinski definition) is 11. The van der Waals surface area contributed by atoms with Crippen LogP contribution in [0.5, 0.6) is 0 Å². The Hall–Kier alpha value is -6.16. The highest BCUT2D eigenvalue weighted by atomic mass is 16.8. The van der Waals surface area contributed by atoms with Gasteiger partial charge in [-0.25, -0.2) is 0 Å². The molecule has 0 amide bonds. The summed E-state index contributed by atoms with van der Waals surface area (Å²) in [6.07, 6.45) is -4.98. The molecule has 0 unspecified atom stereocenters. The van der Waals surface area contributed by atoms with Crippen LogP contribution < -0.4 is 0 Å². The molecule has 396 valence electrons. The van der Waals surface area contributed by atoms with Crippen LogP contribution in [0.2, 0.25) is 0 Å². The van der Waals surface area contributed by atoms with Gasteiger partial charge in [0.1, 0.15) is 48.8 Å². The molecule has 2 saturated heterocycles. The van der Waals surface area contributed by atoms with Gasteiger partial charge >= 0.3 is 0 Å². The summed E-state index contributed by atoms with van der Waals surface area (Å²) in [4.78, 5) is 0. The van der Waals surface area contributed by atoms with Crippen LogP contribution in [0.25, 0.3) is 0 Å². The van der Waals surface area contributed by atoms with Crippen molar-refractivity contribution in [2.45, 2.75) is 114 Å². The van der Waals surface area contributed by atoms with Crippen LogP contribution in [0.3, 0.4) is 0 Å². The first-order chi connectivity index (χ1) is 37.6. The molecule has 2 fully saturated rings. The number of benzene rings is 7. The minimum absolute atomic E-state index is 0.0620. The van der Waals surface area contributed by atoms with Crippen molar-refractivity contribution in [2.75, 3.05) is 20.3 Å². The first-order valence-corrected chi connectivity index (χ1v) is 26.2. The molecule has 7 aromatic rings. The molecule has 76 heavy (non-hydrogen) atoms. The maximum Gasteiger partial charge on any atom is 0.201 e. The lowest BCUT2D eigenvalue weighted by Crippen LogP contribution is -2.69. The molecule has 0 aromatic heterocycles. The predicted octanol–water partition coefficient (Wildman–Crippen LogP) is 11.8. The maximum atomic E-state index is 7.45. The molecular formula is C65H70O11. The van der Waals surface area contributed by atoms with Crippen LogP contribution in [0.1, 0.15) is 45.4 Å². The summed E-state index contributed by atoms with van der Waals surface area (Å²) >= 11 is 0. The number of methoxy groups -OCH3 is 1. The molecule has 2 aliphatic rings. The molecule has 11 nitrogen and oxygen atoms in total. The Labute approximate surface area is 448 Å². The van der Waals surface area contributed by atoms with Crippen molar-refractivity contribution in [3.8, 4) is 0 Å². The second-order valence-corrected chi connectivity index (χ2v) is 19.1. The van der Waals surface area contributed by atoms with Gasteiger partial charge in [-0.1, -0.05) is 218 Å². The normalized spacial score (nSPS) is 24.5. The monoisotopic (exact) mass is 1030 g/mol. The predicted molar refractivity (Wildman–Crippen MR) is 290 cm³/mol. The van der Waals surface area contributed by atoms with E-state index in [1.54, 1.807) is 13.2 Å². The van der Waals surface area contributed by atoms with E-state index in [0.29, 0.717) is 6.61 Å². The Kier molecular flexibility index (Phi) is 20.7. The average molecular weight is 1030 g/mol. The van der Waals surface area contributed by atoms with E-state index in [1.165, 1.54) is 0 Å². The Morgan fingerprint density at radius 1 is 0.395 bits per heavy atom. The van der Waals surface area contributed by atoms with Crippen LogP contribution >= 0.6 is 0 Å². The zero-order valence-electron chi connectivity index (χ0n) is 43.2. The molecule has 0 saturated carbocycles. The van der Waals surface area contributed by atoms with Gasteiger partial charge < -0.3 is 52.1 Å². The maximum absolute atomic E-state index is 7.45. The average Bonchev–Trinajstić information content (AvgIpc) is 3.48. The highest BCUT2D eigenvalue weighted by Crippen LogP contribution is 2.42. The van der Waals surface area contributed by atoms with Crippen molar-refractivity contribution in [1.82, 2.24) is 0 Å². The standard InChI is InChI=1S/C65H70O11/c1-3-39-65(74-48-56-58(68-41-50-27-13-5-14-28-50)60(70-43-52-31-17-7-18-32-52)62(64(66-2)75-56)72-45-54-35-21-9-22-36-54)63(73-46-55-37-23-10-24-38-55)61(71-44-53-33-19-8-20-34-53)59(69-42-51-29-15-6-16-30-51)57(76-65)47-67-40-49-25-11-4-12-26-49/h3-38,56-64H,1,39-48H2,2H3/t56-,57-,58-,59+,60+,61+,62-,63-,64+,65+/m1/s1. The van der Waals surface area contributed by atoms with Gasteiger partial charge in [0, 0.05) is 13.5 Å². The SMILES string of the molecule is C=CC[C@]1(OC[C@H]2O[C@H](OC)[C@H](OCc3ccccc3)[C@@H](OCc3ccccc3)[C@@H]2OCc2ccccc2)O[C@H](COCc2ccccc2)[C@H](OCc2ccccc2)[C@H](OCc2ccccc2)[C@H]1OCc1ccccc1. The second-order valence-electron chi connectivity index (χ2n) is 19.1. The van der Waals surface area contributed by atoms with Crippen molar-refractivity contribution in [3.05, 3.63) is 264 Å². The van der Waals surface area contributed by atoms with Gasteiger partial charge in [-0.05, 0) is 38.9 Å². The van der Waals surface area contributed by atoms with Crippen molar-refractivity contribution in [2.24, 2.45) is 0 Å². The van der Waals surface area contributed by atoms with E-state index in [-0.39, 0.29) is 59.3 Å². The summed E-state index contributed by atoms with van der Waals surface area (Å²) in [5.41, 5.74) is 6.91. The van der Waals surface area contributed by atoms with Gasteiger partial charge in [0.25, 0.3) is 0 Å². The first kappa shape index (κ1) is 54.6. The first-order valence-electron chi connectivity index (χ1n) is 26.2. The molecule has 9 rings (SSSR count). The lowest BCUT2D eigenvalue weighted by molar-refractivity contribution is -0.393. The zero-order valence-corrected chi connectivity index (χ0v) is 43.2. The van der Waals surface area contributed by atoms with E-state index in [0.717, 1.165) is 38.9 Å². The summed E-state index contributed by atoms with van der Waals surface area (Å²) in [5, 5.41) is 0. The van der Waals surface area contributed by atoms with Crippen molar-refractivity contribution >= 4 is 0 Å². The fraction of sp³-hybridized carbons (Fsp3) is 0.323. The third-order valence-electron chi connectivity index (χ3n) is 13.6. The Morgan fingerprint density at radius 3 is 1.13 bits per heavy atom. The topological polar surface area (TPSA) is 102 Å². The molecule has 10 atom stereocenters. The zero-order chi connectivity index (χ0) is 52.0. The van der Waals surface area contributed by atoms with Gasteiger partial charge in [0.15, 0.2) is 6.29 Å². The summed E-state index contributed by atoms with van der Waals surface area (Å²) in [7, 11) is 1.61. The van der Waals surface area contributed by atoms with Gasteiger partial charge in [0.2, 0.25) is 5.79 Å². The summed E-state index contributed by atoms with van der Waals surface area (Å²) < 4.78 is 76.8. The highest BCUT2D eigenvalue weighted by molar-refractivity contribution is 5.19. The van der Waals surface area contributed by atoms with Gasteiger partial charge in [-0.15, -0.1) is 6.58 Å². The van der Waals surface area contributed by atoms with Crippen molar-refractivity contribution in [3.63, 3.8) is 0 Å². The van der Waals surface area contributed by atoms with E-state index < -0.39 is 60.9 Å². The number of ether oxygens (including phenoxy) is 11. The minimum atomic E-state index is -1.55. The third-order valence-corrected chi connectivity index (χ3v) is 13.6. The highest BCUT2D eigenvalue weighted by Gasteiger charge is 2.58. The molecule has 2 heterocycles. The second kappa shape index (κ2) is 28.8.